The second-order valence-electron chi connectivity index (χ2n) is 7.32. The third-order valence-electron chi connectivity index (χ3n) is 5.18. The van der Waals surface area contributed by atoms with Crippen LogP contribution in [0, 0.1) is 5.92 Å². The molecule has 0 amide bonds. The van der Waals surface area contributed by atoms with Gasteiger partial charge in [-0.1, -0.05) is 25.1 Å². The molecule has 1 aromatic heterocycles. The lowest BCUT2D eigenvalue weighted by molar-refractivity contribution is -0.274. The topological polar surface area (TPSA) is 25.4 Å². The van der Waals surface area contributed by atoms with E-state index in [1.807, 2.05) is 30.3 Å². The van der Waals surface area contributed by atoms with Gasteiger partial charge in [-0.25, -0.2) is 4.98 Å². The van der Waals surface area contributed by atoms with Gasteiger partial charge in [-0.3, -0.25) is 0 Å². The van der Waals surface area contributed by atoms with Crippen LogP contribution in [-0.4, -0.2) is 24.4 Å². The highest BCUT2D eigenvalue weighted by molar-refractivity contribution is 5.86. The lowest BCUT2D eigenvalue weighted by Crippen LogP contribution is -2.33. The van der Waals surface area contributed by atoms with E-state index in [0.29, 0.717) is 5.56 Å². The zero-order chi connectivity index (χ0) is 19.7. The fourth-order valence-electron chi connectivity index (χ4n) is 3.58. The molecule has 2 aromatic carbocycles. The van der Waals surface area contributed by atoms with Crippen LogP contribution in [0.15, 0.2) is 54.6 Å². The van der Waals surface area contributed by atoms with Gasteiger partial charge in [-0.2, -0.15) is 0 Å². The molecule has 0 unspecified atom stereocenters. The molecule has 0 saturated carbocycles. The minimum atomic E-state index is -4.70. The molecule has 0 N–H and O–H groups in total. The van der Waals surface area contributed by atoms with Gasteiger partial charge in [-0.15, -0.1) is 13.2 Å². The summed E-state index contributed by atoms with van der Waals surface area (Å²) in [5.41, 5.74) is 2.36. The molecule has 0 spiro atoms. The number of nitrogens with zero attached hydrogens (tertiary/aromatic N) is 2. The Morgan fingerprint density at radius 3 is 2.46 bits per heavy atom. The lowest BCUT2D eigenvalue weighted by Gasteiger charge is -2.31. The molecule has 4 rings (SSSR count). The van der Waals surface area contributed by atoms with Crippen molar-refractivity contribution in [1.29, 1.82) is 0 Å². The number of hydrogen-bond acceptors (Lipinski definition) is 3. The summed E-state index contributed by atoms with van der Waals surface area (Å²) >= 11 is 0. The maximum Gasteiger partial charge on any atom is 0.573 e. The van der Waals surface area contributed by atoms with E-state index in [2.05, 4.69) is 16.6 Å². The molecular weight excluding hydrogens is 365 g/mol. The molecule has 0 atom stereocenters. The van der Waals surface area contributed by atoms with Crippen molar-refractivity contribution < 1.29 is 17.9 Å². The Morgan fingerprint density at radius 1 is 0.964 bits per heavy atom. The maximum absolute atomic E-state index is 12.5. The van der Waals surface area contributed by atoms with Crippen molar-refractivity contribution in [3.05, 3.63) is 54.6 Å². The summed E-state index contributed by atoms with van der Waals surface area (Å²) in [7, 11) is 0. The van der Waals surface area contributed by atoms with Gasteiger partial charge in [0.05, 0.1) is 5.52 Å². The molecular formula is C22H21F3N2O. The molecule has 146 valence electrons. The van der Waals surface area contributed by atoms with Gasteiger partial charge in [0.25, 0.3) is 0 Å². The largest absolute Gasteiger partial charge is 0.573 e. The number of halogens is 3. The van der Waals surface area contributed by atoms with Gasteiger partial charge >= 0.3 is 6.36 Å². The molecule has 1 aliphatic rings. The summed E-state index contributed by atoms with van der Waals surface area (Å²) in [5, 5.41) is 0.953. The first-order chi connectivity index (χ1) is 13.4. The highest BCUT2D eigenvalue weighted by Gasteiger charge is 2.31. The lowest BCUT2D eigenvalue weighted by atomic mass is 9.99. The summed E-state index contributed by atoms with van der Waals surface area (Å²) in [4.78, 5) is 7.09. The minimum absolute atomic E-state index is 0.224. The summed E-state index contributed by atoms with van der Waals surface area (Å²) in [5.74, 6) is 1.52. The first-order valence-corrected chi connectivity index (χ1v) is 9.39. The van der Waals surface area contributed by atoms with Gasteiger partial charge in [-0.05, 0) is 66.3 Å². The molecule has 28 heavy (non-hydrogen) atoms. The van der Waals surface area contributed by atoms with E-state index < -0.39 is 6.36 Å². The second kappa shape index (κ2) is 7.34. The average molecular weight is 386 g/mol. The number of rotatable bonds is 3. The van der Waals surface area contributed by atoms with Crippen molar-refractivity contribution >= 4 is 16.7 Å². The van der Waals surface area contributed by atoms with Crippen LogP contribution in [0.1, 0.15) is 19.8 Å². The Bertz CT molecular complexity index is 979. The van der Waals surface area contributed by atoms with E-state index in [-0.39, 0.29) is 5.75 Å². The fourth-order valence-corrected chi connectivity index (χ4v) is 3.58. The molecule has 0 radical (unpaired) electrons. The number of aromatic nitrogens is 1. The van der Waals surface area contributed by atoms with Crippen molar-refractivity contribution in [1.82, 2.24) is 4.98 Å². The van der Waals surface area contributed by atoms with Gasteiger partial charge in [0.1, 0.15) is 11.6 Å². The quantitative estimate of drug-likeness (QED) is 0.549. The molecule has 1 aliphatic heterocycles. The number of piperidine rings is 1. The zero-order valence-corrected chi connectivity index (χ0v) is 15.5. The standard InChI is InChI=1S/C22H21F3N2O/c1-15-9-11-27(12-10-15)21-8-6-18-13-17(5-7-20(18)26-21)16-3-2-4-19(14-16)28-22(23,24)25/h2-8,13-15H,9-12H2,1H3. The third kappa shape index (κ3) is 4.21. The number of benzene rings is 2. The summed E-state index contributed by atoms with van der Waals surface area (Å²) in [6.07, 6.45) is -2.35. The van der Waals surface area contributed by atoms with E-state index in [1.165, 1.54) is 25.0 Å². The summed E-state index contributed by atoms with van der Waals surface area (Å²) in [6, 6.07) is 15.8. The van der Waals surface area contributed by atoms with Crippen molar-refractivity contribution in [2.75, 3.05) is 18.0 Å². The van der Waals surface area contributed by atoms with Crippen molar-refractivity contribution in [3.63, 3.8) is 0 Å². The number of hydrogen-bond donors (Lipinski definition) is 0. The molecule has 6 heteroatoms. The smallest absolute Gasteiger partial charge is 0.406 e. The third-order valence-corrected chi connectivity index (χ3v) is 5.18. The monoisotopic (exact) mass is 386 g/mol. The van der Waals surface area contributed by atoms with Gasteiger partial charge in [0.15, 0.2) is 0 Å². The minimum Gasteiger partial charge on any atom is -0.406 e. The van der Waals surface area contributed by atoms with E-state index >= 15 is 0 Å². The Balaban J connectivity index is 1.60. The summed E-state index contributed by atoms with van der Waals surface area (Å²) in [6.45, 7) is 4.31. The van der Waals surface area contributed by atoms with E-state index in [0.717, 1.165) is 41.3 Å². The predicted octanol–water partition coefficient (Wildman–Crippen LogP) is 6.04. The number of alkyl halides is 3. The zero-order valence-electron chi connectivity index (χ0n) is 15.5. The number of ether oxygens (including phenoxy) is 1. The highest BCUT2D eigenvalue weighted by atomic mass is 19.4. The first-order valence-electron chi connectivity index (χ1n) is 9.39. The van der Waals surface area contributed by atoms with Crippen LogP contribution in [0.3, 0.4) is 0 Å². The van der Waals surface area contributed by atoms with Crippen molar-refractivity contribution in [2.45, 2.75) is 26.1 Å². The fraction of sp³-hybridized carbons (Fsp3) is 0.318. The van der Waals surface area contributed by atoms with Crippen LogP contribution >= 0.6 is 0 Å². The number of pyridine rings is 1. The normalized spacial score (nSPS) is 15.8. The average Bonchev–Trinajstić information content (AvgIpc) is 2.67. The first kappa shape index (κ1) is 18.6. The highest BCUT2D eigenvalue weighted by Crippen LogP contribution is 2.30. The second-order valence-corrected chi connectivity index (χ2v) is 7.32. The van der Waals surface area contributed by atoms with Crippen LogP contribution in [0.2, 0.25) is 0 Å². The summed E-state index contributed by atoms with van der Waals surface area (Å²) < 4.78 is 41.4. The van der Waals surface area contributed by atoms with Gasteiger partial charge in [0.2, 0.25) is 0 Å². The Labute approximate surface area is 161 Å². The SMILES string of the molecule is CC1CCN(c2ccc3cc(-c4cccc(OC(F)(F)F)c4)ccc3n2)CC1. The van der Waals surface area contributed by atoms with E-state index in [9.17, 15) is 13.2 Å². The van der Waals surface area contributed by atoms with Crippen LogP contribution in [0.25, 0.3) is 22.0 Å². The van der Waals surface area contributed by atoms with Gasteiger partial charge < -0.3 is 9.64 Å². The number of fused-ring (bicyclic) bond motifs is 1. The van der Waals surface area contributed by atoms with Crippen LogP contribution in [-0.2, 0) is 0 Å². The van der Waals surface area contributed by atoms with Crippen LogP contribution in [0.4, 0.5) is 19.0 Å². The Morgan fingerprint density at radius 2 is 1.71 bits per heavy atom. The molecule has 3 nitrogen and oxygen atoms in total. The van der Waals surface area contributed by atoms with Crippen molar-refractivity contribution in [3.8, 4) is 16.9 Å². The molecule has 1 saturated heterocycles. The predicted molar refractivity (Wildman–Crippen MR) is 104 cm³/mol. The molecule has 2 heterocycles. The van der Waals surface area contributed by atoms with E-state index in [1.54, 1.807) is 12.1 Å². The Hall–Kier alpha value is -2.76. The van der Waals surface area contributed by atoms with Crippen LogP contribution < -0.4 is 9.64 Å². The number of anilines is 1. The maximum atomic E-state index is 12.5. The van der Waals surface area contributed by atoms with E-state index in [4.69, 9.17) is 4.98 Å². The Kier molecular flexibility index (Phi) is 4.87. The van der Waals surface area contributed by atoms with Gasteiger partial charge in [0, 0.05) is 18.5 Å². The molecule has 3 aromatic rings. The van der Waals surface area contributed by atoms with Crippen molar-refractivity contribution in [2.24, 2.45) is 5.92 Å². The molecule has 1 fully saturated rings. The molecule has 0 aliphatic carbocycles. The molecule has 0 bridgehead atoms. The van der Waals surface area contributed by atoms with Crippen LogP contribution in [0.5, 0.6) is 5.75 Å².